The predicted octanol–water partition coefficient (Wildman–Crippen LogP) is 1.65. The van der Waals surface area contributed by atoms with Gasteiger partial charge in [-0.1, -0.05) is 31.4 Å². The number of piperazine rings is 1. The van der Waals surface area contributed by atoms with E-state index in [9.17, 15) is 0 Å². The minimum Gasteiger partial charge on any atom is -0.314 e. The van der Waals surface area contributed by atoms with Crippen LogP contribution < -0.4 is 5.32 Å². The van der Waals surface area contributed by atoms with Gasteiger partial charge in [-0.3, -0.25) is 4.90 Å². The van der Waals surface area contributed by atoms with Gasteiger partial charge in [0.2, 0.25) is 0 Å². The molecule has 0 spiro atoms. The Balaban J connectivity index is 1.86. The largest absolute Gasteiger partial charge is 0.314 e. The van der Waals surface area contributed by atoms with Gasteiger partial charge in [-0.2, -0.15) is 0 Å². The van der Waals surface area contributed by atoms with E-state index in [4.69, 9.17) is 0 Å². The Bertz CT molecular complexity index is 377. The normalized spacial score (nSPS) is 26.2. The molecule has 106 valence electrons. The molecular weight excluding hydrogens is 238 g/mol. The van der Waals surface area contributed by atoms with Crippen molar-refractivity contribution in [2.45, 2.75) is 45.2 Å². The number of rotatable bonds is 3. The molecule has 1 N–H and O–H groups in total. The van der Waals surface area contributed by atoms with Crippen LogP contribution in [0.3, 0.4) is 0 Å². The van der Waals surface area contributed by atoms with Crippen LogP contribution in [-0.2, 0) is 0 Å². The van der Waals surface area contributed by atoms with Gasteiger partial charge in [-0.15, -0.1) is 5.10 Å². The number of aromatic nitrogens is 3. The zero-order chi connectivity index (χ0) is 13.1. The number of hydrogen-bond acceptors (Lipinski definition) is 4. The Morgan fingerprint density at radius 3 is 2.53 bits per heavy atom. The third-order valence-corrected chi connectivity index (χ3v) is 4.81. The van der Waals surface area contributed by atoms with E-state index >= 15 is 0 Å². The van der Waals surface area contributed by atoms with Crippen molar-refractivity contribution in [3.63, 3.8) is 0 Å². The summed E-state index contributed by atoms with van der Waals surface area (Å²) in [5, 5.41) is 11.8. The van der Waals surface area contributed by atoms with Gasteiger partial charge in [0.05, 0.1) is 6.20 Å². The number of nitrogens with zero attached hydrogens (tertiary/aromatic N) is 4. The lowest BCUT2D eigenvalue weighted by Gasteiger charge is -2.47. The van der Waals surface area contributed by atoms with Crippen molar-refractivity contribution in [3.8, 4) is 0 Å². The van der Waals surface area contributed by atoms with Crippen LogP contribution in [0.1, 0.15) is 45.2 Å². The molecule has 2 heterocycles. The molecule has 2 fully saturated rings. The lowest BCUT2D eigenvalue weighted by molar-refractivity contribution is -0.0194. The summed E-state index contributed by atoms with van der Waals surface area (Å²) >= 11 is 0. The minimum atomic E-state index is 0.337. The van der Waals surface area contributed by atoms with Gasteiger partial charge in [0.1, 0.15) is 6.17 Å². The van der Waals surface area contributed by atoms with Crippen LogP contribution in [0.25, 0.3) is 0 Å². The van der Waals surface area contributed by atoms with E-state index in [1.165, 1.54) is 32.1 Å². The van der Waals surface area contributed by atoms with E-state index in [-0.39, 0.29) is 0 Å². The highest BCUT2D eigenvalue weighted by atomic mass is 15.5. The maximum atomic E-state index is 4.32. The summed E-state index contributed by atoms with van der Waals surface area (Å²) in [6, 6.07) is 0. The lowest BCUT2D eigenvalue weighted by Crippen LogP contribution is -2.52. The average Bonchev–Trinajstić information content (AvgIpc) is 2.94. The van der Waals surface area contributed by atoms with Crippen LogP contribution in [0, 0.1) is 5.41 Å². The Labute approximate surface area is 115 Å². The first-order chi connectivity index (χ1) is 9.30. The quantitative estimate of drug-likeness (QED) is 0.901. The van der Waals surface area contributed by atoms with Gasteiger partial charge in [0, 0.05) is 37.8 Å². The third-order valence-electron chi connectivity index (χ3n) is 4.81. The summed E-state index contributed by atoms with van der Waals surface area (Å²) in [5.41, 5.74) is 0.337. The molecule has 1 aromatic rings. The fourth-order valence-corrected chi connectivity index (χ4v) is 3.82. The molecule has 1 aliphatic heterocycles. The molecular formula is C14H25N5. The molecule has 1 unspecified atom stereocenters. The zero-order valence-electron chi connectivity index (χ0n) is 11.9. The molecule has 1 saturated heterocycles. The van der Waals surface area contributed by atoms with E-state index in [1.54, 1.807) is 6.20 Å². The van der Waals surface area contributed by atoms with Crippen LogP contribution >= 0.6 is 0 Å². The van der Waals surface area contributed by atoms with Crippen molar-refractivity contribution in [2.75, 3.05) is 26.2 Å². The molecule has 1 saturated carbocycles. The highest BCUT2D eigenvalue weighted by molar-refractivity contribution is 4.91. The SMILES string of the molecule is CC1(C(N2CCNCC2)n2ccnn2)CCCCC1. The highest BCUT2D eigenvalue weighted by Gasteiger charge is 2.40. The summed E-state index contributed by atoms with van der Waals surface area (Å²) in [7, 11) is 0. The van der Waals surface area contributed by atoms with Gasteiger partial charge in [0.15, 0.2) is 0 Å². The van der Waals surface area contributed by atoms with Crippen molar-refractivity contribution >= 4 is 0 Å². The Morgan fingerprint density at radius 2 is 1.89 bits per heavy atom. The molecule has 0 amide bonds. The molecule has 19 heavy (non-hydrogen) atoms. The first-order valence-electron chi connectivity index (χ1n) is 7.60. The maximum absolute atomic E-state index is 4.32. The van der Waals surface area contributed by atoms with Crippen LogP contribution in [0.2, 0.25) is 0 Å². The molecule has 1 aliphatic carbocycles. The van der Waals surface area contributed by atoms with Crippen molar-refractivity contribution in [1.29, 1.82) is 0 Å². The van der Waals surface area contributed by atoms with Crippen LogP contribution in [0.15, 0.2) is 12.4 Å². The summed E-state index contributed by atoms with van der Waals surface area (Å²) in [4.78, 5) is 2.59. The summed E-state index contributed by atoms with van der Waals surface area (Å²) in [6.07, 6.45) is 10.9. The van der Waals surface area contributed by atoms with Crippen LogP contribution in [0.5, 0.6) is 0 Å². The van der Waals surface area contributed by atoms with Gasteiger partial charge in [-0.25, -0.2) is 4.68 Å². The summed E-state index contributed by atoms with van der Waals surface area (Å²) < 4.78 is 2.09. The van der Waals surface area contributed by atoms with Gasteiger partial charge < -0.3 is 5.32 Å². The van der Waals surface area contributed by atoms with Crippen molar-refractivity contribution in [1.82, 2.24) is 25.2 Å². The number of nitrogens with one attached hydrogen (secondary N) is 1. The van der Waals surface area contributed by atoms with Crippen LogP contribution in [-0.4, -0.2) is 46.1 Å². The Hall–Kier alpha value is -0.940. The van der Waals surface area contributed by atoms with E-state index in [2.05, 4.69) is 32.1 Å². The smallest absolute Gasteiger partial charge is 0.111 e. The molecule has 0 bridgehead atoms. The fourth-order valence-electron chi connectivity index (χ4n) is 3.82. The zero-order valence-corrected chi connectivity index (χ0v) is 11.9. The summed E-state index contributed by atoms with van der Waals surface area (Å²) in [6.45, 7) is 6.84. The third kappa shape index (κ3) is 2.67. The molecule has 1 aromatic heterocycles. The molecule has 3 rings (SSSR count). The topological polar surface area (TPSA) is 46.0 Å². The van der Waals surface area contributed by atoms with E-state index in [0.717, 1.165) is 26.2 Å². The molecule has 5 heteroatoms. The molecule has 0 aromatic carbocycles. The molecule has 5 nitrogen and oxygen atoms in total. The summed E-state index contributed by atoms with van der Waals surface area (Å²) in [5.74, 6) is 0. The predicted molar refractivity (Wildman–Crippen MR) is 74.7 cm³/mol. The maximum Gasteiger partial charge on any atom is 0.111 e. The number of hydrogen-bond donors (Lipinski definition) is 1. The molecule has 2 aliphatic rings. The lowest BCUT2D eigenvalue weighted by atomic mass is 9.72. The fraction of sp³-hybridized carbons (Fsp3) is 0.857. The molecule has 1 atom stereocenters. The van der Waals surface area contributed by atoms with Crippen molar-refractivity contribution < 1.29 is 0 Å². The minimum absolute atomic E-state index is 0.337. The second-order valence-corrected chi connectivity index (χ2v) is 6.26. The van der Waals surface area contributed by atoms with E-state index in [0.29, 0.717) is 11.6 Å². The first kappa shape index (κ1) is 13.1. The van der Waals surface area contributed by atoms with Gasteiger partial charge >= 0.3 is 0 Å². The van der Waals surface area contributed by atoms with Gasteiger partial charge in [-0.05, 0) is 12.8 Å². The second-order valence-electron chi connectivity index (χ2n) is 6.26. The second kappa shape index (κ2) is 5.59. The Kier molecular flexibility index (Phi) is 3.84. The standard InChI is InChI=1S/C14H25N5/c1-14(5-3-2-4-6-14)13(19-12-9-16-17-19)18-10-7-15-8-11-18/h9,12-13,15H,2-8,10-11H2,1H3. The van der Waals surface area contributed by atoms with Crippen molar-refractivity contribution in [3.05, 3.63) is 12.4 Å². The Morgan fingerprint density at radius 1 is 1.16 bits per heavy atom. The van der Waals surface area contributed by atoms with Gasteiger partial charge in [0.25, 0.3) is 0 Å². The monoisotopic (exact) mass is 263 g/mol. The highest BCUT2D eigenvalue weighted by Crippen LogP contribution is 2.45. The average molecular weight is 263 g/mol. The first-order valence-corrected chi connectivity index (χ1v) is 7.60. The van der Waals surface area contributed by atoms with E-state index < -0.39 is 0 Å². The van der Waals surface area contributed by atoms with Crippen molar-refractivity contribution in [2.24, 2.45) is 5.41 Å². The van der Waals surface area contributed by atoms with Crippen LogP contribution in [0.4, 0.5) is 0 Å². The molecule has 0 radical (unpaired) electrons. The van der Waals surface area contributed by atoms with E-state index in [1.807, 2.05) is 6.20 Å².